The highest BCUT2D eigenvalue weighted by atomic mass is 32.2. The van der Waals surface area contributed by atoms with Crippen molar-refractivity contribution in [3.8, 4) is 5.75 Å². The molecule has 0 bridgehead atoms. The van der Waals surface area contributed by atoms with Crippen molar-refractivity contribution in [1.82, 2.24) is 0 Å². The predicted octanol–water partition coefficient (Wildman–Crippen LogP) is 0.800. The van der Waals surface area contributed by atoms with Crippen molar-refractivity contribution in [2.24, 2.45) is 0 Å². The molecule has 0 N–H and O–H groups in total. The minimum absolute atomic E-state index is 0.0691. The molecule has 1 aromatic heterocycles. The summed E-state index contributed by atoms with van der Waals surface area (Å²) in [6.45, 7) is 0. The smallest absolute Gasteiger partial charge is 0.396 e. The number of aromatic nitrogens is 1. The first kappa shape index (κ1) is 12.4. The molecule has 0 radical (unpaired) electrons. The van der Waals surface area contributed by atoms with Gasteiger partial charge in [-0.1, -0.05) is 6.07 Å². The third kappa shape index (κ3) is 2.78. The number of hydrogen-bond acceptors (Lipinski definition) is 4. The van der Waals surface area contributed by atoms with E-state index in [1.807, 2.05) is 0 Å². The number of benzene rings is 1. The van der Waals surface area contributed by atoms with E-state index in [0.29, 0.717) is 5.75 Å². The first-order valence-electron chi connectivity index (χ1n) is 5.17. The van der Waals surface area contributed by atoms with Gasteiger partial charge in [0.15, 0.2) is 0 Å². The Labute approximate surface area is 105 Å². The molecule has 6 heteroatoms. The fourth-order valence-electron chi connectivity index (χ4n) is 1.33. The van der Waals surface area contributed by atoms with Crippen LogP contribution in [0.4, 0.5) is 0 Å². The van der Waals surface area contributed by atoms with Gasteiger partial charge in [0.05, 0.1) is 7.11 Å². The van der Waals surface area contributed by atoms with Gasteiger partial charge in [0, 0.05) is 16.9 Å². The lowest BCUT2D eigenvalue weighted by molar-refractivity contribution is -0.856. The minimum Gasteiger partial charge on any atom is -0.497 e. The lowest BCUT2D eigenvalue weighted by atomic mass is 10.3. The van der Waals surface area contributed by atoms with Crippen LogP contribution in [0.2, 0.25) is 0 Å². The molecule has 0 amide bonds. The van der Waals surface area contributed by atoms with Crippen molar-refractivity contribution in [3.05, 3.63) is 54.9 Å². The van der Waals surface area contributed by atoms with Gasteiger partial charge in [-0.15, -0.1) is 4.28 Å². The van der Waals surface area contributed by atoms with E-state index < -0.39 is 10.1 Å². The standard InChI is InChI=1S/C12H12NO4S/c1-16-11-5-7-12(8-6-11)18(14,15)17-13-9-3-2-4-10-13/h2-10H,1H3/q+1. The molecule has 5 nitrogen and oxygen atoms in total. The summed E-state index contributed by atoms with van der Waals surface area (Å²) in [4.78, 5) is 0.0691. The fourth-order valence-corrected chi connectivity index (χ4v) is 2.21. The van der Waals surface area contributed by atoms with E-state index in [2.05, 4.69) is 0 Å². The number of methoxy groups -OCH3 is 1. The molecule has 0 unspecified atom stereocenters. The molecule has 0 atom stereocenters. The summed E-state index contributed by atoms with van der Waals surface area (Å²) in [5.41, 5.74) is 0. The second-order valence-corrected chi connectivity index (χ2v) is 4.97. The Bertz CT molecular complexity index is 608. The lowest BCUT2D eigenvalue weighted by Crippen LogP contribution is -2.44. The Morgan fingerprint density at radius 1 is 1.00 bits per heavy atom. The SMILES string of the molecule is COc1ccc(S(=O)(=O)O[n+]2ccccc2)cc1. The van der Waals surface area contributed by atoms with Gasteiger partial charge in [0.25, 0.3) is 0 Å². The number of hydrogen-bond donors (Lipinski definition) is 0. The van der Waals surface area contributed by atoms with Crippen LogP contribution in [0.25, 0.3) is 0 Å². The monoisotopic (exact) mass is 266 g/mol. The van der Waals surface area contributed by atoms with E-state index in [0.717, 1.165) is 4.73 Å². The second-order valence-electron chi connectivity index (χ2n) is 3.44. The van der Waals surface area contributed by atoms with Crippen LogP contribution in [0, 0.1) is 0 Å². The van der Waals surface area contributed by atoms with E-state index >= 15 is 0 Å². The van der Waals surface area contributed by atoms with Crippen molar-refractivity contribution in [1.29, 1.82) is 0 Å². The van der Waals surface area contributed by atoms with Gasteiger partial charge in [-0.2, -0.15) is 8.42 Å². The first-order chi connectivity index (χ1) is 8.62. The van der Waals surface area contributed by atoms with Crippen LogP contribution in [0.15, 0.2) is 59.8 Å². The molecule has 0 spiro atoms. The molecule has 18 heavy (non-hydrogen) atoms. The molecule has 94 valence electrons. The normalized spacial score (nSPS) is 10.9. The molecule has 1 aromatic carbocycles. The number of nitrogens with zero attached hydrogens (tertiary/aromatic N) is 1. The number of ether oxygens (including phenoxy) is 1. The Balaban J connectivity index is 2.25. The maximum Gasteiger partial charge on any atom is 0.396 e. The summed E-state index contributed by atoms with van der Waals surface area (Å²) in [6, 6.07) is 11.1. The molecule has 0 aliphatic heterocycles. The van der Waals surface area contributed by atoms with Crippen molar-refractivity contribution >= 4 is 10.1 Å². The van der Waals surface area contributed by atoms with Crippen LogP contribution in [0.3, 0.4) is 0 Å². The molecular formula is C12H12NO4S+. The molecule has 0 saturated heterocycles. The van der Waals surface area contributed by atoms with E-state index in [9.17, 15) is 8.42 Å². The van der Waals surface area contributed by atoms with Crippen LogP contribution < -0.4 is 13.8 Å². The maximum absolute atomic E-state index is 11.9. The summed E-state index contributed by atoms with van der Waals surface area (Å²) in [6.07, 6.45) is 3.00. The topological polar surface area (TPSA) is 56.5 Å². The van der Waals surface area contributed by atoms with Gasteiger partial charge >= 0.3 is 10.1 Å². The van der Waals surface area contributed by atoms with E-state index in [4.69, 9.17) is 9.02 Å². The van der Waals surface area contributed by atoms with E-state index in [1.54, 1.807) is 30.3 Å². The number of rotatable bonds is 4. The Morgan fingerprint density at radius 3 is 2.17 bits per heavy atom. The summed E-state index contributed by atoms with van der Waals surface area (Å²) < 4.78 is 34.8. The summed E-state index contributed by atoms with van der Waals surface area (Å²) in [5, 5.41) is 0. The van der Waals surface area contributed by atoms with Crippen molar-refractivity contribution < 1.29 is 22.2 Å². The van der Waals surface area contributed by atoms with E-state index in [1.165, 1.54) is 31.6 Å². The van der Waals surface area contributed by atoms with Crippen molar-refractivity contribution in [2.45, 2.75) is 4.90 Å². The number of pyridine rings is 1. The molecule has 0 saturated carbocycles. The second kappa shape index (κ2) is 5.05. The summed E-state index contributed by atoms with van der Waals surface area (Å²) in [7, 11) is -2.32. The third-order valence-corrected chi connectivity index (χ3v) is 3.44. The zero-order valence-electron chi connectivity index (χ0n) is 9.68. The zero-order chi connectivity index (χ0) is 13.0. The average molecular weight is 266 g/mol. The van der Waals surface area contributed by atoms with Gasteiger partial charge in [0.2, 0.25) is 12.4 Å². The van der Waals surface area contributed by atoms with Gasteiger partial charge in [-0.3, -0.25) is 0 Å². The molecule has 0 aliphatic carbocycles. The van der Waals surface area contributed by atoms with Gasteiger partial charge in [-0.25, -0.2) is 0 Å². The summed E-state index contributed by atoms with van der Waals surface area (Å²) >= 11 is 0. The zero-order valence-corrected chi connectivity index (χ0v) is 10.5. The molecule has 0 fully saturated rings. The third-order valence-electron chi connectivity index (χ3n) is 2.22. The minimum atomic E-state index is -3.83. The molecule has 1 heterocycles. The molecule has 0 aliphatic rings. The Hall–Kier alpha value is -2.08. The molecular weight excluding hydrogens is 254 g/mol. The summed E-state index contributed by atoms with van der Waals surface area (Å²) in [5.74, 6) is 0.585. The first-order valence-corrected chi connectivity index (χ1v) is 6.58. The van der Waals surface area contributed by atoms with Crippen LogP contribution >= 0.6 is 0 Å². The predicted molar refractivity (Wildman–Crippen MR) is 63.4 cm³/mol. The maximum atomic E-state index is 11.9. The largest absolute Gasteiger partial charge is 0.497 e. The lowest BCUT2D eigenvalue weighted by Gasteiger charge is -2.02. The quantitative estimate of drug-likeness (QED) is 0.768. The molecule has 2 rings (SSSR count). The van der Waals surface area contributed by atoms with Gasteiger partial charge in [0.1, 0.15) is 10.6 Å². The Kier molecular flexibility index (Phi) is 3.47. The fraction of sp³-hybridized carbons (Fsp3) is 0.0833. The van der Waals surface area contributed by atoms with E-state index in [-0.39, 0.29) is 4.90 Å². The highest BCUT2D eigenvalue weighted by Crippen LogP contribution is 2.15. The molecule has 2 aromatic rings. The van der Waals surface area contributed by atoms with Crippen molar-refractivity contribution in [3.63, 3.8) is 0 Å². The van der Waals surface area contributed by atoms with Crippen LogP contribution in [0.1, 0.15) is 0 Å². The van der Waals surface area contributed by atoms with Crippen LogP contribution in [-0.4, -0.2) is 15.5 Å². The van der Waals surface area contributed by atoms with Crippen molar-refractivity contribution in [2.75, 3.05) is 7.11 Å². The van der Waals surface area contributed by atoms with Gasteiger partial charge in [-0.05, 0) is 24.3 Å². The van der Waals surface area contributed by atoms with Crippen LogP contribution in [0.5, 0.6) is 5.75 Å². The highest BCUT2D eigenvalue weighted by molar-refractivity contribution is 7.86. The Morgan fingerprint density at radius 2 is 1.61 bits per heavy atom. The average Bonchev–Trinajstić information content (AvgIpc) is 2.39. The highest BCUT2D eigenvalue weighted by Gasteiger charge is 2.21. The van der Waals surface area contributed by atoms with Crippen LogP contribution in [-0.2, 0) is 10.1 Å². The van der Waals surface area contributed by atoms with Gasteiger partial charge < -0.3 is 4.74 Å².